The van der Waals surface area contributed by atoms with Gasteiger partial charge >= 0.3 is 0 Å². The summed E-state index contributed by atoms with van der Waals surface area (Å²) in [4.78, 5) is 8.25. The molecule has 0 unspecified atom stereocenters. The van der Waals surface area contributed by atoms with E-state index in [1.807, 2.05) is 6.07 Å². The molecule has 3 rings (SSSR count). The number of aromatic nitrogens is 3. The van der Waals surface area contributed by atoms with Crippen molar-refractivity contribution in [2.45, 2.75) is 0 Å². The second-order valence-corrected chi connectivity index (χ2v) is 4.74. The number of phenolic OH excluding ortho intramolecular Hbond substituents is 1. The molecule has 3 aromatic rings. The number of hydrogen-bond acceptors (Lipinski definition) is 5. The molecule has 0 amide bonds. The van der Waals surface area contributed by atoms with Gasteiger partial charge in [0.05, 0.1) is 5.56 Å². The van der Waals surface area contributed by atoms with Crippen LogP contribution in [0.5, 0.6) is 5.75 Å². The highest BCUT2D eigenvalue weighted by molar-refractivity contribution is 9.10. The zero-order valence-corrected chi connectivity index (χ0v) is 11.2. The number of benzene rings is 1. The van der Waals surface area contributed by atoms with Crippen LogP contribution in [0.4, 0.5) is 0 Å². The Balaban J connectivity index is 2.04. The van der Waals surface area contributed by atoms with Crippen molar-refractivity contribution >= 4 is 15.9 Å². The van der Waals surface area contributed by atoms with Crippen molar-refractivity contribution in [3.8, 4) is 28.6 Å². The van der Waals surface area contributed by atoms with Gasteiger partial charge in [0.1, 0.15) is 5.75 Å². The zero-order valence-electron chi connectivity index (χ0n) is 9.62. The summed E-state index contributed by atoms with van der Waals surface area (Å²) in [6.07, 6.45) is 3.32. The van der Waals surface area contributed by atoms with Crippen molar-refractivity contribution in [3.63, 3.8) is 0 Å². The molecule has 0 bridgehead atoms. The van der Waals surface area contributed by atoms with Gasteiger partial charge in [-0.25, -0.2) is 0 Å². The molecule has 2 aromatic heterocycles. The number of nitrogens with zero attached hydrogens (tertiary/aromatic N) is 3. The first kappa shape index (κ1) is 11.9. The molecule has 19 heavy (non-hydrogen) atoms. The Morgan fingerprint density at radius 2 is 2.11 bits per heavy atom. The van der Waals surface area contributed by atoms with Gasteiger partial charge in [-0.2, -0.15) is 4.98 Å². The summed E-state index contributed by atoms with van der Waals surface area (Å²) in [6, 6.07) is 8.64. The van der Waals surface area contributed by atoms with Crippen LogP contribution in [-0.2, 0) is 0 Å². The number of rotatable bonds is 2. The molecule has 0 aliphatic rings. The maximum atomic E-state index is 9.81. The standard InChI is InChI=1S/C13H8BrN3O2/c14-9-3-4-11(18)10(6-9)13-16-12(17-19-13)8-2-1-5-15-7-8/h1-7,18H. The van der Waals surface area contributed by atoms with Crippen LogP contribution in [0.15, 0.2) is 51.7 Å². The van der Waals surface area contributed by atoms with Gasteiger partial charge in [-0.05, 0) is 30.3 Å². The van der Waals surface area contributed by atoms with E-state index in [4.69, 9.17) is 4.52 Å². The molecule has 1 N–H and O–H groups in total. The molecule has 0 atom stereocenters. The highest BCUT2D eigenvalue weighted by atomic mass is 79.9. The molecule has 0 aliphatic heterocycles. The minimum Gasteiger partial charge on any atom is -0.507 e. The Morgan fingerprint density at radius 1 is 1.21 bits per heavy atom. The van der Waals surface area contributed by atoms with Crippen LogP contribution >= 0.6 is 15.9 Å². The third kappa shape index (κ3) is 2.34. The van der Waals surface area contributed by atoms with Crippen LogP contribution in [0, 0.1) is 0 Å². The Labute approximate surface area is 117 Å². The molecular formula is C13H8BrN3O2. The van der Waals surface area contributed by atoms with E-state index >= 15 is 0 Å². The molecule has 5 nitrogen and oxygen atoms in total. The van der Waals surface area contributed by atoms with Crippen LogP contribution in [0.1, 0.15) is 0 Å². The topological polar surface area (TPSA) is 72.0 Å². The summed E-state index contributed by atoms with van der Waals surface area (Å²) in [5.41, 5.74) is 1.24. The first-order valence-electron chi connectivity index (χ1n) is 5.47. The maximum absolute atomic E-state index is 9.81. The Hall–Kier alpha value is -2.21. The van der Waals surface area contributed by atoms with E-state index in [2.05, 4.69) is 31.1 Å². The average Bonchev–Trinajstić information content (AvgIpc) is 2.92. The lowest BCUT2D eigenvalue weighted by Crippen LogP contribution is -1.82. The average molecular weight is 318 g/mol. The third-order valence-electron chi connectivity index (χ3n) is 2.53. The molecule has 1 aromatic carbocycles. The molecular weight excluding hydrogens is 310 g/mol. The van der Waals surface area contributed by atoms with Gasteiger partial charge in [-0.15, -0.1) is 0 Å². The molecule has 0 aliphatic carbocycles. The Kier molecular flexibility index (Phi) is 3.00. The lowest BCUT2D eigenvalue weighted by Gasteiger charge is -1.99. The van der Waals surface area contributed by atoms with Gasteiger partial charge < -0.3 is 9.63 Å². The maximum Gasteiger partial charge on any atom is 0.262 e. The summed E-state index contributed by atoms with van der Waals surface area (Å²) in [7, 11) is 0. The minimum atomic E-state index is 0.0876. The molecule has 2 heterocycles. The van der Waals surface area contributed by atoms with Crippen molar-refractivity contribution in [2.75, 3.05) is 0 Å². The van der Waals surface area contributed by atoms with Gasteiger partial charge in [0, 0.05) is 22.4 Å². The third-order valence-corrected chi connectivity index (χ3v) is 3.03. The van der Waals surface area contributed by atoms with E-state index in [9.17, 15) is 5.11 Å². The monoisotopic (exact) mass is 317 g/mol. The molecule has 0 radical (unpaired) electrons. The Bertz CT molecular complexity index is 713. The highest BCUT2D eigenvalue weighted by Gasteiger charge is 2.14. The number of aromatic hydroxyl groups is 1. The second-order valence-electron chi connectivity index (χ2n) is 3.83. The van der Waals surface area contributed by atoms with Crippen LogP contribution in [-0.4, -0.2) is 20.2 Å². The summed E-state index contributed by atoms with van der Waals surface area (Å²) < 4.78 is 5.99. The largest absolute Gasteiger partial charge is 0.507 e. The van der Waals surface area contributed by atoms with Gasteiger partial charge in [0.2, 0.25) is 5.82 Å². The fourth-order valence-corrected chi connectivity index (χ4v) is 1.99. The van der Waals surface area contributed by atoms with Crippen molar-refractivity contribution in [1.29, 1.82) is 0 Å². The number of pyridine rings is 1. The molecule has 0 saturated carbocycles. The summed E-state index contributed by atoms with van der Waals surface area (Å²) in [5.74, 6) is 0.782. The molecule has 94 valence electrons. The minimum absolute atomic E-state index is 0.0876. The van der Waals surface area contributed by atoms with Crippen molar-refractivity contribution in [1.82, 2.24) is 15.1 Å². The summed E-state index contributed by atoms with van der Waals surface area (Å²) in [6.45, 7) is 0. The molecule has 0 saturated heterocycles. The lowest BCUT2D eigenvalue weighted by molar-refractivity contribution is 0.425. The van der Waals surface area contributed by atoms with E-state index in [1.54, 1.807) is 36.7 Å². The molecule has 0 spiro atoms. The van der Waals surface area contributed by atoms with Gasteiger partial charge in [-0.3, -0.25) is 4.98 Å². The van der Waals surface area contributed by atoms with E-state index in [0.717, 1.165) is 10.0 Å². The van der Waals surface area contributed by atoms with Gasteiger partial charge in [0.15, 0.2) is 0 Å². The summed E-state index contributed by atoms with van der Waals surface area (Å²) >= 11 is 3.33. The van der Waals surface area contributed by atoms with E-state index < -0.39 is 0 Å². The first-order valence-corrected chi connectivity index (χ1v) is 6.26. The number of hydrogen-bond donors (Lipinski definition) is 1. The quantitative estimate of drug-likeness (QED) is 0.785. The fraction of sp³-hybridized carbons (Fsp3) is 0. The van der Waals surface area contributed by atoms with E-state index in [0.29, 0.717) is 11.4 Å². The fourth-order valence-electron chi connectivity index (χ4n) is 1.62. The van der Waals surface area contributed by atoms with Crippen molar-refractivity contribution in [3.05, 3.63) is 47.2 Å². The van der Waals surface area contributed by atoms with E-state index in [-0.39, 0.29) is 11.6 Å². The SMILES string of the molecule is Oc1ccc(Br)cc1-c1nc(-c2cccnc2)no1. The predicted molar refractivity (Wildman–Crippen MR) is 72.3 cm³/mol. The van der Waals surface area contributed by atoms with E-state index in [1.165, 1.54) is 0 Å². The highest BCUT2D eigenvalue weighted by Crippen LogP contribution is 2.31. The van der Waals surface area contributed by atoms with Crippen molar-refractivity contribution in [2.24, 2.45) is 0 Å². The smallest absolute Gasteiger partial charge is 0.262 e. The first-order chi connectivity index (χ1) is 9.24. The van der Waals surface area contributed by atoms with Crippen molar-refractivity contribution < 1.29 is 9.63 Å². The number of phenols is 1. The second kappa shape index (κ2) is 4.81. The number of halogens is 1. The summed E-state index contributed by atoms with van der Waals surface area (Å²) in [5, 5.41) is 13.7. The van der Waals surface area contributed by atoms with Crippen LogP contribution in [0.2, 0.25) is 0 Å². The zero-order chi connectivity index (χ0) is 13.2. The normalized spacial score (nSPS) is 10.6. The lowest BCUT2D eigenvalue weighted by atomic mass is 10.2. The molecule has 6 heteroatoms. The van der Waals surface area contributed by atoms with Crippen LogP contribution < -0.4 is 0 Å². The molecule has 0 fully saturated rings. The van der Waals surface area contributed by atoms with Crippen LogP contribution in [0.3, 0.4) is 0 Å². The van der Waals surface area contributed by atoms with Gasteiger partial charge in [-0.1, -0.05) is 21.1 Å². The Morgan fingerprint density at radius 3 is 2.89 bits per heavy atom. The predicted octanol–water partition coefficient (Wildman–Crippen LogP) is 3.27. The van der Waals surface area contributed by atoms with Crippen LogP contribution in [0.25, 0.3) is 22.8 Å². The van der Waals surface area contributed by atoms with Gasteiger partial charge in [0.25, 0.3) is 5.89 Å².